The lowest BCUT2D eigenvalue weighted by Gasteiger charge is -2.33. The molecule has 1 atom stereocenters. The van der Waals surface area contributed by atoms with Gasteiger partial charge in [-0.1, -0.05) is 30.3 Å². The molecule has 3 aromatic rings. The molecule has 0 fully saturated rings. The van der Waals surface area contributed by atoms with Crippen LogP contribution in [0.4, 0.5) is 5.82 Å². The predicted octanol–water partition coefficient (Wildman–Crippen LogP) is 2.91. The van der Waals surface area contributed by atoms with E-state index >= 15 is 0 Å². The molecule has 0 saturated carbocycles. The van der Waals surface area contributed by atoms with Crippen molar-refractivity contribution in [3.63, 3.8) is 0 Å². The third kappa shape index (κ3) is 3.16. The molecular formula is C20H20N6. The van der Waals surface area contributed by atoms with Crippen molar-refractivity contribution < 1.29 is 0 Å². The first-order valence-corrected chi connectivity index (χ1v) is 8.82. The van der Waals surface area contributed by atoms with Crippen molar-refractivity contribution in [2.75, 3.05) is 11.4 Å². The van der Waals surface area contributed by atoms with E-state index < -0.39 is 0 Å². The van der Waals surface area contributed by atoms with Crippen LogP contribution in [0.25, 0.3) is 0 Å². The first-order chi connectivity index (χ1) is 12.7. The van der Waals surface area contributed by atoms with Gasteiger partial charge in [0.1, 0.15) is 11.6 Å². The molecule has 3 heterocycles. The second-order valence-corrected chi connectivity index (χ2v) is 6.63. The van der Waals surface area contributed by atoms with E-state index in [0.717, 1.165) is 36.9 Å². The van der Waals surface area contributed by atoms with Crippen LogP contribution in [0.5, 0.6) is 0 Å². The maximum Gasteiger partial charge on any atom is 0.152 e. The van der Waals surface area contributed by atoms with Crippen molar-refractivity contribution >= 4 is 5.82 Å². The number of rotatable bonds is 4. The number of aromatic nitrogens is 4. The molecule has 0 radical (unpaired) electrons. The van der Waals surface area contributed by atoms with Gasteiger partial charge in [-0.25, -0.2) is 4.98 Å². The van der Waals surface area contributed by atoms with Crippen molar-refractivity contribution in [1.29, 1.82) is 5.26 Å². The number of pyridine rings is 1. The van der Waals surface area contributed by atoms with Crippen molar-refractivity contribution in [3.8, 4) is 6.07 Å². The van der Waals surface area contributed by atoms with E-state index in [4.69, 9.17) is 5.26 Å². The average Bonchev–Trinajstić information content (AvgIpc) is 3.11. The number of nitrogens with zero attached hydrogens (tertiary/aromatic N) is 6. The number of anilines is 1. The van der Waals surface area contributed by atoms with E-state index in [2.05, 4.69) is 61.9 Å². The molecule has 1 aliphatic heterocycles. The summed E-state index contributed by atoms with van der Waals surface area (Å²) in [4.78, 5) is 6.58. The highest BCUT2D eigenvalue weighted by molar-refractivity contribution is 5.45. The van der Waals surface area contributed by atoms with Gasteiger partial charge in [0.05, 0.1) is 24.2 Å². The monoisotopic (exact) mass is 344 g/mol. The van der Waals surface area contributed by atoms with Gasteiger partial charge in [0.2, 0.25) is 0 Å². The highest BCUT2D eigenvalue weighted by atomic mass is 15.4. The molecule has 0 bridgehead atoms. The van der Waals surface area contributed by atoms with Crippen molar-refractivity contribution in [2.24, 2.45) is 0 Å². The molecule has 0 saturated heterocycles. The predicted molar refractivity (Wildman–Crippen MR) is 98.6 cm³/mol. The van der Waals surface area contributed by atoms with E-state index in [1.807, 2.05) is 12.1 Å². The molecule has 0 N–H and O–H groups in total. The standard InChI is InChI=1S/C20H20N6/c1-15-13-25(19-11-17(12-21)9-10-22-19)14-20-24-23-18(26(15)20)8-7-16-5-3-2-4-6-16/h2-6,9-11,15H,7-8,13-14H2,1H3/t15-/m0/s1. The molecule has 0 amide bonds. The fourth-order valence-electron chi connectivity index (χ4n) is 3.52. The van der Waals surface area contributed by atoms with Crippen molar-refractivity contribution in [1.82, 2.24) is 19.7 Å². The van der Waals surface area contributed by atoms with Crippen LogP contribution in [0.2, 0.25) is 0 Å². The lowest BCUT2D eigenvalue weighted by Crippen LogP contribution is -2.37. The van der Waals surface area contributed by atoms with Crippen LogP contribution in [0.3, 0.4) is 0 Å². The summed E-state index contributed by atoms with van der Waals surface area (Å²) in [6, 6.07) is 16.4. The normalized spacial score (nSPS) is 16.2. The number of hydrogen-bond acceptors (Lipinski definition) is 5. The van der Waals surface area contributed by atoms with E-state index in [0.29, 0.717) is 12.1 Å². The molecule has 0 unspecified atom stereocenters. The number of nitriles is 1. The minimum Gasteiger partial charge on any atom is -0.347 e. The van der Waals surface area contributed by atoms with Gasteiger partial charge in [-0.05, 0) is 31.0 Å². The van der Waals surface area contributed by atoms with Crippen molar-refractivity contribution in [2.45, 2.75) is 32.4 Å². The minimum atomic E-state index is 0.257. The molecule has 26 heavy (non-hydrogen) atoms. The van der Waals surface area contributed by atoms with Crippen LogP contribution in [0, 0.1) is 11.3 Å². The highest BCUT2D eigenvalue weighted by Gasteiger charge is 2.27. The van der Waals surface area contributed by atoms with Gasteiger partial charge in [-0.3, -0.25) is 0 Å². The van der Waals surface area contributed by atoms with Gasteiger partial charge in [0.25, 0.3) is 0 Å². The summed E-state index contributed by atoms with van der Waals surface area (Å²) in [5, 5.41) is 18.0. The number of aryl methyl sites for hydroxylation is 2. The zero-order chi connectivity index (χ0) is 17.9. The van der Waals surface area contributed by atoms with Crippen molar-refractivity contribution in [3.05, 3.63) is 71.4 Å². The third-order valence-electron chi connectivity index (χ3n) is 4.77. The van der Waals surface area contributed by atoms with Gasteiger partial charge >= 0.3 is 0 Å². The van der Waals surface area contributed by atoms with Gasteiger partial charge in [-0.15, -0.1) is 10.2 Å². The molecule has 6 nitrogen and oxygen atoms in total. The quantitative estimate of drug-likeness (QED) is 0.728. The molecule has 0 spiro atoms. The van der Waals surface area contributed by atoms with Gasteiger partial charge < -0.3 is 9.47 Å². The van der Waals surface area contributed by atoms with Crippen LogP contribution in [-0.4, -0.2) is 26.3 Å². The van der Waals surface area contributed by atoms with Crippen LogP contribution in [0.15, 0.2) is 48.7 Å². The van der Waals surface area contributed by atoms with Gasteiger partial charge in [0.15, 0.2) is 5.82 Å². The van der Waals surface area contributed by atoms with E-state index in [1.165, 1.54) is 5.56 Å². The Labute approximate surface area is 152 Å². The fourth-order valence-corrected chi connectivity index (χ4v) is 3.52. The maximum atomic E-state index is 9.10. The topological polar surface area (TPSA) is 70.6 Å². The average molecular weight is 344 g/mol. The summed E-state index contributed by atoms with van der Waals surface area (Å²) in [6.07, 6.45) is 3.52. The van der Waals surface area contributed by atoms with Crippen LogP contribution >= 0.6 is 0 Å². The molecule has 6 heteroatoms. The number of hydrogen-bond donors (Lipinski definition) is 0. The molecule has 0 aliphatic carbocycles. The first kappa shape index (κ1) is 16.3. The molecule has 1 aliphatic rings. The second kappa shape index (κ2) is 6.96. The SMILES string of the molecule is C[C@H]1CN(c2cc(C#N)ccn2)Cc2nnc(CCc3ccccc3)n21. The summed E-state index contributed by atoms with van der Waals surface area (Å²) in [7, 11) is 0. The summed E-state index contributed by atoms with van der Waals surface area (Å²) in [6.45, 7) is 3.66. The van der Waals surface area contributed by atoms with E-state index in [9.17, 15) is 0 Å². The Morgan fingerprint density at radius 1 is 1.15 bits per heavy atom. The molecule has 1 aromatic carbocycles. The van der Waals surface area contributed by atoms with Gasteiger partial charge in [0, 0.05) is 19.2 Å². The van der Waals surface area contributed by atoms with Crippen LogP contribution in [-0.2, 0) is 19.4 Å². The zero-order valence-electron chi connectivity index (χ0n) is 14.7. The first-order valence-electron chi connectivity index (χ1n) is 8.82. The molecule has 4 rings (SSSR count). The summed E-state index contributed by atoms with van der Waals surface area (Å²) in [5.41, 5.74) is 1.94. The lowest BCUT2D eigenvalue weighted by molar-refractivity contribution is 0.447. The Bertz CT molecular complexity index is 940. The Morgan fingerprint density at radius 3 is 2.81 bits per heavy atom. The lowest BCUT2D eigenvalue weighted by atomic mass is 10.1. The molecule has 130 valence electrons. The van der Waals surface area contributed by atoms with E-state index in [-0.39, 0.29) is 6.04 Å². The number of fused-ring (bicyclic) bond motifs is 1. The highest BCUT2D eigenvalue weighted by Crippen LogP contribution is 2.26. The fraction of sp³-hybridized carbons (Fsp3) is 0.300. The maximum absolute atomic E-state index is 9.10. The zero-order valence-corrected chi connectivity index (χ0v) is 14.7. The molecule has 2 aromatic heterocycles. The summed E-state index contributed by atoms with van der Waals surface area (Å²) < 4.78 is 2.26. The number of benzene rings is 1. The Balaban J connectivity index is 1.53. The van der Waals surface area contributed by atoms with Crippen LogP contribution < -0.4 is 4.90 Å². The second-order valence-electron chi connectivity index (χ2n) is 6.63. The summed E-state index contributed by atoms with van der Waals surface area (Å²) >= 11 is 0. The third-order valence-corrected chi connectivity index (χ3v) is 4.77. The van der Waals surface area contributed by atoms with E-state index in [1.54, 1.807) is 12.3 Å². The minimum absolute atomic E-state index is 0.257. The smallest absolute Gasteiger partial charge is 0.152 e. The Hall–Kier alpha value is -3.20. The largest absolute Gasteiger partial charge is 0.347 e. The molecular weight excluding hydrogens is 324 g/mol. The van der Waals surface area contributed by atoms with Crippen LogP contribution in [0.1, 0.15) is 35.7 Å². The Kier molecular flexibility index (Phi) is 4.36. The van der Waals surface area contributed by atoms with Gasteiger partial charge in [-0.2, -0.15) is 5.26 Å². The summed E-state index contributed by atoms with van der Waals surface area (Å²) in [5.74, 6) is 2.81. The Morgan fingerprint density at radius 2 is 2.00 bits per heavy atom.